The highest BCUT2D eigenvalue weighted by Crippen LogP contribution is 2.24. The van der Waals surface area contributed by atoms with Crippen LogP contribution in [0.25, 0.3) is 0 Å². The van der Waals surface area contributed by atoms with Crippen molar-refractivity contribution in [2.75, 3.05) is 38.6 Å². The standard InChI is InChI=1S/C15H26N2O/c1-5-17(6-2)11-7-10-16-14-12-13(3)8-9-15(14)18-4/h8-9,12,16H,5-7,10-11H2,1-4H3. The highest BCUT2D eigenvalue weighted by atomic mass is 16.5. The summed E-state index contributed by atoms with van der Waals surface area (Å²) < 4.78 is 5.35. The van der Waals surface area contributed by atoms with Gasteiger partial charge in [-0.25, -0.2) is 0 Å². The van der Waals surface area contributed by atoms with Crippen LogP contribution in [0.15, 0.2) is 18.2 Å². The molecule has 1 aromatic rings. The van der Waals surface area contributed by atoms with Gasteiger partial charge in [0.1, 0.15) is 5.75 Å². The normalized spacial score (nSPS) is 10.7. The quantitative estimate of drug-likeness (QED) is 0.717. The van der Waals surface area contributed by atoms with Crippen LogP contribution in [0.5, 0.6) is 5.75 Å². The Morgan fingerprint density at radius 2 is 1.94 bits per heavy atom. The molecule has 102 valence electrons. The van der Waals surface area contributed by atoms with Crippen molar-refractivity contribution in [2.45, 2.75) is 27.2 Å². The van der Waals surface area contributed by atoms with Gasteiger partial charge in [0, 0.05) is 6.54 Å². The Bertz CT molecular complexity index is 348. The largest absolute Gasteiger partial charge is 0.495 e. The van der Waals surface area contributed by atoms with E-state index >= 15 is 0 Å². The average Bonchev–Trinajstić information content (AvgIpc) is 2.39. The van der Waals surface area contributed by atoms with Gasteiger partial charge in [0.15, 0.2) is 0 Å². The first-order valence-corrected chi connectivity index (χ1v) is 6.82. The van der Waals surface area contributed by atoms with Gasteiger partial charge in [0.25, 0.3) is 0 Å². The zero-order valence-electron chi connectivity index (χ0n) is 12.1. The molecule has 0 aliphatic rings. The predicted molar refractivity (Wildman–Crippen MR) is 78.6 cm³/mol. The molecule has 0 amide bonds. The van der Waals surface area contributed by atoms with Crippen LogP contribution in [0.2, 0.25) is 0 Å². The molecule has 0 heterocycles. The topological polar surface area (TPSA) is 24.5 Å². The van der Waals surface area contributed by atoms with Crippen LogP contribution in [0.4, 0.5) is 5.69 Å². The number of ether oxygens (including phenoxy) is 1. The molecule has 0 fully saturated rings. The van der Waals surface area contributed by atoms with Crippen LogP contribution in [0, 0.1) is 6.92 Å². The van der Waals surface area contributed by atoms with E-state index in [1.54, 1.807) is 7.11 Å². The van der Waals surface area contributed by atoms with E-state index in [4.69, 9.17) is 4.74 Å². The molecular formula is C15H26N2O. The van der Waals surface area contributed by atoms with E-state index < -0.39 is 0 Å². The van der Waals surface area contributed by atoms with E-state index in [9.17, 15) is 0 Å². The zero-order valence-corrected chi connectivity index (χ0v) is 12.1. The van der Waals surface area contributed by atoms with Crippen molar-refractivity contribution >= 4 is 5.69 Å². The maximum Gasteiger partial charge on any atom is 0.141 e. The van der Waals surface area contributed by atoms with Gasteiger partial charge in [-0.15, -0.1) is 0 Å². The SMILES string of the molecule is CCN(CC)CCCNc1cc(C)ccc1OC. The molecule has 18 heavy (non-hydrogen) atoms. The number of methoxy groups -OCH3 is 1. The van der Waals surface area contributed by atoms with Crippen molar-refractivity contribution in [1.29, 1.82) is 0 Å². The van der Waals surface area contributed by atoms with E-state index in [2.05, 4.69) is 43.1 Å². The lowest BCUT2D eigenvalue weighted by atomic mass is 10.2. The van der Waals surface area contributed by atoms with Crippen LogP contribution in [0.3, 0.4) is 0 Å². The zero-order chi connectivity index (χ0) is 13.4. The molecule has 0 unspecified atom stereocenters. The van der Waals surface area contributed by atoms with Gasteiger partial charge in [-0.2, -0.15) is 0 Å². The minimum atomic E-state index is 0.920. The van der Waals surface area contributed by atoms with E-state index in [1.165, 1.54) is 5.56 Å². The van der Waals surface area contributed by atoms with Gasteiger partial charge in [0.2, 0.25) is 0 Å². The number of hydrogen-bond donors (Lipinski definition) is 1. The lowest BCUT2D eigenvalue weighted by molar-refractivity contribution is 0.303. The predicted octanol–water partition coefficient (Wildman–Crippen LogP) is 3.15. The summed E-state index contributed by atoms with van der Waals surface area (Å²) in [5.41, 5.74) is 2.35. The fourth-order valence-electron chi connectivity index (χ4n) is 2.03. The minimum Gasteiger partial charge on any atom is -0.495 e. The van der Waals surface area contributed by atoms with Crippen molar-refractivity contribution in [3.05, 3.63) is 23.8 Å². The Kier molecular flexibility index (Phi) is 6.58. The molecule has 0 saturated carbocycles. The third-order valence-electron chi connectivity index (χ3n) is 3.22. The smallest absolute Gasteiger partial charge is 0.141 e. The Morgan fingerprint density at radius 1 is 1.22 bits per heavy atom. The molecule has 1 N–H and O–H groups in total. The average molecular weight is 250 g/mol. The number of anilines is 1. The molecule has 0 aliphatic heterocycles. The number of rotatable bonds is 8. The third kappa shape index (κ3) is 4.57. The molecule has 3 nitrogen and oxygen atoms in total. The minimum absolute atomic E-state index is 0.920. The van der Waals surface area contributed by atoms with E-state index in [1.807, 2.05) is 6.07 Å². The monoisotopic (exact) mass is 250 g/mol. The van der Waals surface area contributed by atoms with E-state index in [0.717, 1.165) is 44.0 Å². The maximum absolute atomic E-state index is 5.35. The molecule has 0 saturated heterocycles. The van der Waals surface area contributed by atoms with Gasteiger partial charge >= 0.3 is 0 Å². The molecule has 1 rings (SSSR count). The molecule has 0 atom stereocenters. The lowest BCUT2D eigenvalue weighted by Crippen LogP contribution is -2.25. The first-order chi connectivity index (χ1) is 8.71. The fraction of sp³-hybridized carbons (Fsp3) is 0.600. The summed E-state index contributed by atoms with van der Waals surface area (Å²) in [5.74, 6) is 0.920. The number of aryl methyl sites for hydroxylation is 1. The summed E-state index contributed by atoms with van der Waals surface area (Å²) in [6.45, 7) is 10.9. The van der Waals surface area contributed by atoms with Gasteiger partial charge in [-0.05, 0) is 50.7 Å². The number of benzene rings is 1. The summed E-state index contributed by atoms with van der Waals surface area (Å²) in [6.07, 6.45) is 1.15. The number of nitrogens with zero attached hydrogens (tertiary/aromatic N) is 1. The van der Waals surface area contributed by atoms with Gasteiger partial charge < -0.3 is 15.0 Å². The van der Waals surface area contributed by atoms with Gasteiger partial charge in [-0.3, -0.25) is 0 Å². The van der Waals surface area contributed by atoms with Crippen molar-refractivity contribution in [2.24, 2.45) is 0 Å². The number of hydrogen-bond acceptors (Lipinski definition) is 3. The second-order valence-corrected chi connectivity index (χ2v) is 4.51. The fourth-order valence-corrected chi connectivity index (χ4v) is 2.03. The second kappa shape index (κ2) is 7.98. The van der Waals surface area contributed by atoms with Crippen molar-refractivity contribution in [3.63, 3.8) is 0 Å². The first kappa shape index (κ1) is 14.8. The molecule has 0 bridgehead atoms. The first-order valence-electron chi connectivity index (χ1n) is 6.82. The molecule has 3 heteroatoms. The molecule has 1 aromatic carbocycles. The van der Waals surface area contributed by atoms with Crippen molar-refractivity contribution in [1.82, 2.24) is 4.90 Å². The van der Waals surface area contributed by atoms with Crippen LogP contribution < -0.4 is 10.1 Å². The summed E-state index contributed by atoms with van der Waals surface area (Å²) in [5, 5.41) is 3.46. The third-order valence-corrected chi connectivity index (χ3v) is 3.22. The number of nitrogens with one attached hydrogen (secondary N) is 1. The summed E-state index contributed by atoms with van der Waals surface area (Å²) in [7, 11) is 1.71. The van der Waals surface area contributed by atoms with Crippen LogP contribution in [-0.4, -0.2) is 38.2 Å². The van der Waals surface area contributed by atoms with Gasteiger partial charge in [0.05, 0.1) is 12.8 Å². The molecular weight excluding hydrogens is 224 g/mol. The van der Waals surface area contributed by atoms with Crippen LogP contribution >= 0.6 is 0 Å². The van der Waals surface area contributed by atoms with E-state index in [0.29, 0.717) is 0 Å². The Morgan fingerprint density at radius 3 is 2.56 bits per heavy atom. The van der Waals surface area contributed by atoms with Crippen molar-refractivity contribution < 1.29 is 4.74 Å². The highest BCUT2D eigenvalue weighted by Gasteiger charge is 2.03. The molecule has 0 aliphatic carbocycles. The maximum atomic E-state index is 5.35. The highest BCUT2D eigenvalue weighted by molar-refractivity contribution is 5.57. The Hall–Kier alpha value is -1.22. The summed E-state index contributed by atoms with van der Waals surface area (Å²) >= 11 is 0. The second-order valence-electron chi connectivity index (χ2n) is 4.51. The molecule has 0 radical (unpaired) electrons. The van der Waals surface area contributed by atoms with Crippen LogP contribution in [0.1, 0.15) is 25.8 Å². The van der Waals surface area contributed by atoms with Crippen molar-refractivity contribution in [3.8, 4) is 5.75 Å². The van der Waals surface area contributed by atoms with Gasteiger partial charge in [-0.1, -0.05) is 19.9 Å². The molecule has 0 spiro atoms. The van der Waals surface area contributed by atoms with Crippen LogP contribution in [-0.2, 0) is 0 Å². The summed E-state index contributed by atoms with van der Waals surface area (Å²) in [6, 6.07) is 6.22. The lowest BCUT2D eigenvalue weighted by Gasteiger charge is -2.18. The Labute approximate surface area is 111 Å². The Balaban J connectivity index is 2.41. The molecule has 0 aromatic heterocycles. The summed E-state index contributed by atoms with van der Waals surface area (Å²) in [4.78, 5) is 2.44. The van der Waals surface area contributed by atoms with E-state index in [-0.39, 0.29) is 0 Å².